The fourth-order valence-corrected chi connectivity index (χ4v) is 1.90. The van der Waals surface area contributed by atoms with E-state index in [1.54, 1.807) is 6.07 Å². The highest BCUT2D eigenvalue weighted by Crippen LogP contribution is 2.21. The van der Waals surface area contributed by atoms with Crippen molar-refractivity contribution >= 4 is 17.3 Å². The van der Waals surface area contributed by atoms with Gasteiger partial charge in [-0.15, -0.1) is 0 Å². The predicted molar refractivity (Wildman–Crippen MR) is 79.8 cm³/mol. The number of rotatable bonds is 6. The average Bonchev–Trinajstić information content (AvgIpc) is 2.42. The van der Waals surface area contributed by atoms with Crippen LogP contribution in [0.15, 0.2) is 24.3 Å². The van der Waals surface area contributed by atoms with Crippen molar-refractivity contribution in [1.82, 2.24) is 9.97 Å². The predicted octanol–water partition coefficient (Wildman–Crippen LogP) is 3.88. The van der Waals surface area contributed by atoms with Gasteiger partial charge in [-0.3, -0.25) is 0 Å². The van der Waals surface area contributed by atoms with Crippen molar-refractivity contribution in [3.05, 3.63) is 41.7 Å². The molecule has 4 nitrogen and oxygen atoms in total. The molecule has 0 fully saturated rings. The molecule has 1 aromatic heterocycles. The molecule has 0 aliphatic carbocycles. The Balaban J connectivity index is 2.29. The number of aryl methyl sites for hydroxylation is 1. The minimum absolute atomic E-state index is 0.181. The van der Waals surface area contributed by atoms with Crippen molar-refractivity contribution in [3.63, 3.8) is 0 Å². The maximum absolute atomic E-state index is 13.7. The highest BCUT2D eigenvalue weighted by Gasteiger charge is 2.08. The molecule has 0 aliphatic heterocycles. The van der Waals surface area contributed by atoms with Gasteiger partial charge in [0.2, 0.25) is 0 Å². The smallest absolute Gasteiger partial charge is 0.149 e. The molecule has 0 saturated heterocycles. The minimum atomic E-state index is -0.657. The maximum atomic E-state index is 13.7. The molecular weight excluding hydrogens is 274 g/mol. The highest BCUT2D eigenvalue weighted by atomic mass is 19.1. The molecule has 2 rings (SSSR count). The van der Waals surface area contributed by atoms with Crippen LogP contribution in [-0.4, -0.2) is 16.5 Å². The van der Waals surface area contributed by atoms with Gasteiger partial charge in [-0.05, 0) is 25.5 Å². The van der Waals surface area contributed by atoms with Crippen molar-refractivity contribution in [2.75, 3.05) is 17.2 Å². The van der Waals surface area contributed by atoms with Crippen LogP contribution in [-0.2, 0) is 6.42 Å². The lowest BCUT2D eigenvalue weighted by Gasteiger charge is -2.11. The van der Waals surface area contributed by atoms with Crippen molar-refractivity contribution < 1.29 is 8.78 Å². The zero-order valence-electron chi connectivity index (χ0n) is 12.1. The van der Waals surface area contributed by atoms with E-state index in [0.29, 0.717) is 17.5 Å². The van der Waals surface area contributed by atoms with Gasteiger partial charge in [-0.1, -0.05) is 6.92 Å². The summed E-state index contributed by atoms with van der Waals surface area (Å²) in [6.07, 6.45) is 1.65. The Morgan fingerprint density at radius 3 is 2.48 bits per heavy atom. The van der Waals surface area contributed by atoms with Crippen LogP contribution in [0.1, 0.15) is 26.1 Å². The number of nitrogens with zero attached hydrogens (tertiary/aromatic N) is 2. The van der Waals surface area contributed by atoms with Gasteiger partial charge in [0, 0.05) is 25.1 Å². The van der Waals surface area contributed by atoms with Crippen molar-refractivity contribution in [1.29, 1.82) is 0 Å². The molecule has 1 aromatic carbocycles. The van der Waals surface area contributed by atoms with E-state index in [2.05, 4.69) is 20.6 Å². The zero-order chi connectivity index (χ0) is 15.2. The molecular formula is C15H18F2N4. The quantitative estimate of drug-likeness (QED) is 0.848. The van der Waals surface area contributed by atoms with Crippen molar-refractivity contribution in [2.45, 2.75) is 26.7 Å². The van der Waals surface area contributed by atoms with Crippen molar-refractivity contribution in [3.8, 4) is 0 Å². The normalized spacial score (nSPS) is 10.5. The Labute approximate surface area is 122 Å². The van der Waals surface area contributed by atoms with Gasteiger partial charge in [0.25, 0.3) is 0 Å². The standard InChI is InChI=1S/C15H18F2N4/c1-3-5-13-20-14(18-4-2)9-15(21-13)19-12-7-6-10(16)8-11(12)17/h6-9H,3-5H2,1-2H3,(H2,18,19,20,21). The first-order valence-corrected chi connectivity index (χ1v) is 6.96. The van der Waals surface area contributed by atoms with Crippen LogP contribution in [0.4, 0.5) is 26.1 Å². The third-order valence-electron chi connectivity index (χ3n) is 2.80. The molecule has 112 valence electrons. The Kier molecular flexibility index (Phi) is 5.03. The Hall–Kier alpha value is -2.24. The summed E-state index contributed by atoms with van der Waals surface area (Å²) in [5.74, 6) is 0.577. The van der Waals surface area contributed by atoms with E-state index in [4.69, 9.17) is 0 Å². The number of aromatic nitrogens is 2. The molecule has 1 heterocycles. The second-order valence-corrected chi connectivity index (χ2v) is 4.58. The van der Waals surface area contributed by atoms with E-state index in [-0.39, 0.29) is 5.69 Å². The Bertz CT molecular complexity index is 592. The van der Waals surface area contributed by atoms with Crippen LogP contribution in [0.25, 0.3) is 0 Å². The minimum Gasteiger partial charge on any atom is -0.370 e. The van der Waals surface area contributed by atoms with Gasteiger partial charge >= 0.3 is 0 Å². The van der Waals surface area contributed by atoms with E-state index in [0.717, 1.165) is 25.5 Å². The van der Waals surface area contributed by atoms with Crippen molar-refractivity contribution in [2.24, 2.45) is 0 Å². The number of halogens is 2. The molecule has 0 bridgehead atoms. The lowest BCUT2D eigenvalue weighted by molar-refractivity contribution is 0.586. The lowest BCUT2D eigenvalue weighted by Crippen LogP contribution is -2.06. The molecule has 21 heavy (non-hydrogen) atoms. The van der Waals surface area contributed by atoms with Crippen LogP contribution < -0.4 is 10.6 Å². The molecule has 0 unspecified atom stereocenters. The SMILES string of the molecule is CCCc1nc(NCC)cc(Nc2ccc(F)cc2F)n1. The molecule has 6 heteroatoms. The lowest BCUT2D eigenvalue weighted by atomic mass is 10.3. The van der Waals surface area contributed by atoms with Gasteiger partial charge in [-0.2, -0.15) is 0 Å². The van der Waals surface area contributed by atoms with Gasteiger partial charge in [0.05, 0.1) is 5.69 Å². The summed E-state index contributed by atoms with van der Waals surface area (Å²) in [5.41, 5.74) is 0.181. The first-order chi connectivity index (χ1) is 10.1. The first-order valence-electron chi connectivity index (χ1n) is 6.96. The first kappa shape index (κ1) is 15.2. The Morgan fingerprint density at radius 2 is 1.81 bits per heavy atom. The van der Waals surface area contributed by atoms with Gasteiger partial charge < -0.3 is 10.6 Å². The summed E-state index contributed by atoms with van der Waals surface area (Å²) >= 11 is 0. The highest BCUT2D eigenvalue weighted by molar-refractivity contribution is 5.59. The van der Waals surface area contributed by atoms with E-state index in [1.807, 2.05) is 13.8 Å². The van der Waals surface area contributed by atoms with Crippen LogP contribution in [0, 0.1) is 11.6 Å². The van der Waals surface area contributed by atoms with Crippen LogP contribution >= 0.6 is 0 Å². The van der Waals surface area contributed by atoms with Crippen LogP contribution in [0.5, 0.6) is 0 Å². The largest absolute Gasteiger partial charge is 0.370 e. The molecule has 0 atom stereocenters. The molecule has 0 saturated carbocycles. The molecule has 0 spiro atoms. The summed E-state index contributed by atoms with van der Waals surface area (Å²) < 4.78 is 26.6. The molecule has 2 aromatic rings. The van der Waals surface area contributed by atoms with E-state index in [9.17, 15) is 8.78 Å². The van der Waals surface area contributed by atoms with Gasteiger partial charge in [0.1, 0.15) is 29.1 Å². The zero-order valence-corrected chi connectivity index (χ0v) is 12.1. The van der Waals surface area contributed by atoms with Gasteiger partial charge in [-0.25, -0.2) is 18.7 Å². The van der Waals surface area contributed by atoms with Crippen LogP contribution in [0.3, 0.4) is 0 Å². The fourth-order valence-electron chi connectivity index (χ4n) is 1.90. The van der Waals surface area contributed by atoms with E-state index >= 15 is 0 Å². The summed E-state index contributed by atoms with van der Waals surface area (Å²) in [5, 5.41) is 5.98. The third kappa shape index (κ3) is 4.11. The number of benzene rings is 1. The van der Waals surface area contributed by atoms with Crippen LogP contribution in [0.2, 0.25) is 0 Å². The monoisotopic (exact) mass is 292 g/mol. The summed E-state index contributed by atoms with van der Waals surface area (Å²) in [6, 6.07) is 5.08. The summed E-state index contributed by atoms with van der Waals surface area (Å²) in [4.78, 5) is 8.72. The topological polar surface area (TPSA) is 49.8 Å². The Morgan fingerprint density at radius 1 is 1.05 bits per heavy atom. The average molecular weight is 292 g/mol. The number of hydrogen-bond donors (Lipinski definition) is 2. The maximum Gasteiger partial charge on any atom is 0.149 e. The van der Waals surface area contributed by atoms with Gasteiger partial charge in [0.15, 0.2) is 0 Å². The number of anilines is 3. The molecule has 0 aliphatic rings. The molecule has 2 N–H and O–H groups in total. The van der Waals surface area contributed by atoms with E-state index in [1.165, 1.54) is 12.1 Å². The second-order valence-electron chi connectivity index (χ2n) is 4.58. The second kappa shape index (κ2) is 6.97. The summed E-state index contributed by atoms with van der Waals surface area (Å²) in [6.45, 7) is 4.73. The third-order valence-corrected chi connectivity index (χ3v) is 2.80. The molecule has 0 radical (unpaired) electrons. The number of nitrogens with one attached hydrogen (secondary N) is 2. The molecule has 0 amide bonds. The summed E-state index contributed by atoms with van der Waals surface area (Å²) in [7, 11) is 0. The van der Waals surface area contributed by atoms with E-state index < -0.39 is 11.6 Å². The number of hydrogen-bond acceptors (Lipinski definition) is 4. The fraction of sp³-hybridized carbons (Fsp3) is 0.333.